The topological polar surface area (TPSA) is 51.0 Å². The molecule has 0 spiro atoms. The van der Waals surface area contributed by atoms with Crippen LogP contribution >= 0.6 is 0 Å². The van der Waals surface area contributed by atoms with Crippen LogP contribution in [0.4, 0.5) is 0 Å². The number of nitrogens with zero attached hydrogens (tertiary/aromatic N) is 2. The zero-order valence-electron chi connectivity index (χ0n) is 9.26. The van der Waals surface area contributed by atoms with Crippen molar-refractivity contribution in [2.45, 2.75) is 19.4 Å². The number of hydrogen-bond donors (Lipinski definition) is 1. The zero-order valence-corrected chi connectivity index (χ0v) is 9.26. The van der Waals surface area contributed by atoms with Crippen LogP contribution in [0.3, 0.4) is 0 Å². The highest BCUT2D eigenvalue weighted by Gasteiger charge is 2.14. The molecule has 2 heterocycles. The van der Waals surface area contributed by atoms with Crippen LogP contribution in [-0.2, 0) is 6.42 Å². The summed E-state index contributed by atoms with van der Waals surface area (Å²) in [5.74, 6) is 1.75. The lowest BCUT2D eigenvalue weighted by Crippen LogP contribution is -2.24. The van der Waals surface area contributed by atoms with Gasteiger partial charge < -0.3 is 9.73 Å². The van der Waals surface area contributed by atoms with E-state index in [2.05, 4.69) is 22.2 Å². The smallest absolute Gasteiger partial charge is 0.145 e. The number of rotatable bonds is 5. The average molecular weight is 217 g/mol. The van der Waals surface area contributed by atoms with Crippen molar-refractivity contribution in [3.05, 3.63) is 48.4 Å². The Kier molecular flexibility index (Phi) is 3.66. The monoisotopic (exact) mass is 217 g/mol. The zero-order chi connectivity index (χ0) is 11.2. The van der Waals surface area contributed by atoms with Crippen molar-refractivity contribution in [2.24, 2.45) is 0 Å². The normalized spacial score (nSPS) is 12.6. The molecule has 4 nitrogen and oxygen atoms in total. The van der Waals surface area contributed by atoms with Gasteiger partial charge >= 0.3 is 0 Å². The number of aromatic nitrogens is 2. The standard InChI is InChI=1S/C12H15N3O/c1-2-13-11(9-10-5-3-8-16-10)12-14-6-4-7-15-12/h3-8,11,13H,2,9H2,1H3. The van der Waals surface area contributed by atoms with Gasteiger partial charge in [0.05, 0.1) is 12.3 Å². The Labute approximate surface area is 94.7 Å². The van der Waals surface area contributed by atoms with Crippen molar-refractivity contribution in [2.75, 3.05) is 6.54 Å². The van der Waals surface area contributed by atoms with Gasteiger partial charge in [-0.3, -0.25) is 0 Å². The van der Waals surface area contributed by atoms with Crippen molar-refractivity contribution < 1.29 is 4.42 Å². The maximum absolute atomic E-state index is 5.34. The fourth-order valence-electron chi connectivity index (χ4n) is 1.62. The van der Waals surface area contributed by atoms with Gasteiger partial charge in [0, 0.05) is 18.8 Å². The number of hydrogen-bond acceptors (Lipinski definition) is 4. The first kappa shape index (κ1) is 10.8. The molecule has 0 amide bonds. The number of furan rings is 1. The van der Waals surface area contributed by atoms with E-state index in [0.29, 0.717) is 0 Å². The molecular formula is C12H15N3O. The summed E-state index contributed by atoms with van der Waals surface area (Å²) in [6, 6.07) is 5.79. The van der Waals surface area contributed by atoms with Crippen molar-refractivity contribution in [3.63, 3.8) is 0 Å². The quantitative estimate of drug-likeness (QED) is 0.831. The number of nitrogens with one attached hydrogen (secondary N) is 1. The number of likely N-dealkylation sites (N-methyl/N-ethyl adjacent to an activating group) is 1. The fraction of sp³-hybridized carbons (Fsp3) is 0.333. The second kappa shape index (κ2) is 5.42. The molecule has 0 aliphatic rings. The van der Waals surface area contributed by atoms with Gasteiger partial charge in [-0.15, -0.1) is 0 Å². The van der Waals surface area contributed by atoms with Gasteiger partial charge in [0.1, 0.15) is 11.6 Å². The fourth-order valence-corrected chi connectivity index (χ4v) is 1.62. The highest BCUT2D eigenvalue weighted by molar-refractivity contribution is 5.05. The van der Waals surface area contributed by atoms with Crippen molar-refractivity contribution in [3.8, 4) is 0 Å². The molecule has 0 aromatic carbocycles. The van der Waals surface area contributed by atoms with Gasteiger partial charge in [-0.2, -0.15) is 0 Å². The van der Waals surface area contributed by atoms with Gasteiger partial charge in [0.2, 0.25) is 0 Å². The van der Waals surface area contributed by atoms with E-state index in [1.807, 2.05) is 18.2 Å². The van der Waals surface area contributed by atoms with E-state index in [9.17, 15) is 0 Å². The Morgan fingerprint density at radius 1 is 1.31 bits per heavy atom. The van der Waals surface area contributed by atoms with Crippen LogP contribution < -0.4 is 5.32 Å². The molecule has 0 saturated heterocycles. The minimum atomic E-state index is 0.109. The highest BCUT2D eigenvalue weighted by Crippen LogP contribution is 2.14. The molecule has 0 saturated carbocycles. The third-order valence-corrected chi connectivity index (χ3v) is 2.33. The van der Waals surface area contributed by atoms with Gasteiger partial charge in [0.25, 0.3) is 0 Å². The Balaban J connectivity index is 2.11. The summed E-state index contributed by atoms with van der Waals surface area (Å²) in [4.78, 5) is 8.53. The van der Waals surface area contributed by atoms with Gasteiger partial charge in [-0.05, 0) is 24.7 Å². The Hall–Kier alpha value is -1.68. The molecule has 84 valence electrons. The highest BCUT2D eigenvalue weighted by atomic mass is 16.3. The molecule has 1 atom stereocenters. The maximum atomic E-state index is 5.34. The Morgan fingerprint density at radius 2 is 2.12 bits per heavy atom. The Morgan fingerprint density at radius 3 is 2.75 bits per heavy atom. The summed E-state index contributed by atoms with van der Waals surface area (Å²) < 4.78 is 5.34. The molecule has 0 radical (unpaired) electrons. The minimum absolute atomic E-state index is 0.109. The minimum Gasteiger partial charge on any atom is -0.469 e. The first-order valence-corrected chi connectivity index (χ1v) is 5.43. The first-order chi connectivity index (χ1) is 7.90. The largest absolute Gasteiger partial charge is 0.469 e. The van der Waals surface area contributed by atoms with Crippen LogP contribution in [0.1, 0.15) is 24.6 Å². The lowest BCUT2D eigenvalue weighted by molar-refractivity contribution is 0.443. The molecule has 16 heavy (non-hydrogen) atoms. The summed E-state index contributed by atoms with van der Waals surface area (Å²) in [5, 5.41) is 3.35. The molecule has 1 unspecified atom stereocenters. The first-order valence-electron chi connectivity index (χ1n) is 5.43. The summed E-state index contributed by atoms with van der Waals surface area (Å²) in [6.07, 6.45) is 5.97. The average Bonchev–Trinajstić information content (AvgIpc) is 2.83. The van der Waals surface area contributed by atoms with E-state index in [4.69, 9.17) is 4.42 Å². The molecular weight excluding hydrogens is 202 g/mol. The van der Waals surface area contributed by atoms with E-state index in [1.54, 1.807) is 18.7 Å². The van der Waals surface area contributed by atoms with E-state index in [0.717, 1.165) is 24.6 Å². The van der Waals surface area contributed by atoms with Crippen LogP contribution in [0.5, 0.6) is 0 Å². The lowest BCUT2D eigenvalue weighted by atomic mass is 10.1. The lowest BCUT2D eigenvalue weighted by Gasteiger charge is -2.14. The van der Waals surface area contributed by atoms with Crippen molar-refractivity contribution in [1.29, 1.82) is 0 Å². The molecule has 1 N–H and O–H groups in total. The molecule has 2 rings (SSSR count). The predicted octanol–water partition coefficient (Wildman–Crippen LogP) is 1.96. The van der Waals surface area contributed by atoms with Crippen LogP contribution in [0, 0.1) is 0 Å². The summed E-state index contributed by atoms with van der Waals surface area (Å²) in [5.41, 5.74) is 0. The van der Waals surface area contributed by atoms with Gasteiger partial charge in [-0.1, -0.05) is 6.92 Å². The van der Waals surface area contributed by atoms with Crippen molar-refractivity contribution >= 4 is 0 Å². The molecule has 0 aliphatic carbocycles. The molecule has 0 bridgehead atoms. The van der Waals surface area contributed by atoms with Crippen LogP contribution in [-0.4, -0.2) is 16.5 Å². The second-order valence-corrected chi connectivity index (χ2v) is 3.50. The third kappa shape index (κ3) is 2.67. The SMILES string of the molecule is CCNC(Cc1ccco1)c1ncccn1. The van der Waals surface area contributed by atoms with Gasteiger partial charge in [0.15, 0.2) is 0 Å². The summed E-state index contributed by atoms with van der Waals surface area (Å²) in [6.45, 7) is 2.95. The van der Waals surface area contributed by atoms with E-state index in [-0.39, 0.29) is 6.04 Å². The molecule has 2 aromatic heterocycles. The van der Waals surface area contributed by atoms with Crippen LogP contribution in [0.2, 0.25) is 0 Å². The molecule has 4 heteroatoms. The van der Waals surface area contributed by atoms with Crippen LogP contribution in [0.15, 0.2) is 41.3 Å². The molecule has 2 aromatic rings. The maximum Gasteiger partial charge on any atom is 0.145 e. The summed E-state index contributed by atoms with van der Waals surface area (Å²) >= 11 is 0. The van der Waals surface area contributed by atoms with Crippen LogP contribution in [0.25, 0.3) is 0 Å². The van der Waals surface area contributed by atoms with Crippen molar-refractivity contribution in [1.82, 2.24) is 15.3 Å². The summed E-state index contributed by atoms with van der Waals surface area (Å²) in [7, 11) is 0. The second-order valence-electron chi connectivity index (χ2n) is 3.50. The van der Waals surface area contributed by atoms with Gasteiger partial charge in [-0.25, -0.2) is 9.97 Å². The Bertz CT molecular complexity index is 399. The van der Waals surface area contributed by atoms with E-state index >= 15 is 0 Å². The van der Waals surface area contributed by atoms with E-state index < -0.39 is 0 Å². The molecule has 0 fully saturated rings. The third-order valence-electron chi connectivity index (χ3n) is 2.33. The predicted molar refractivity (Wildman–Crippen MR) is 60.9 cm³/mol. The van der Waals surface area contributed by atoms with E-state index in [1.165, 1.54) is 0 Å². The molecule has 0 aliphatic heterocycles.